The molecule has 1 aliphatic heterocycles. The number of aromatic nitrogens is 3. The molecule has 0 saturated carbocycles. The summed E-state index contributed by atoms with van der Waals surface area (Å²) in [4.78, 5) is 18.6. The summed E-state index contributed by atoms with van der Waals surface area (Å²) in [6, 6.07) is 10.8. The Morgan fingerprint density at radius 1 is 1.18 bits per heavy atom. The van der Waals surface area contributed by atoms with Crippen molar-refractivity contribution in [2.24, 2.45) is 0 Å². The van der Waals surface area contributed by atoms with E-state index in [4.69, 9.17) is 0 Å². The molecule has 5 nitrogen and oxygen atoms in total. The van der Waals surface area contributed by atoms with Gasteiger partial charge in [-0.3, -0.25) is 4.79 Å². The molecular weight excluding hydrogens is 369 g/mol. The van der Waals surface area contributed by atoms with Gasteiger partial charge in [-0.1, -0.05) is 36.4 Å². The van der Waals surface area contributed by atoms with Crippen molar-refractivity contribution >= 4 is 17.1 Å². The van der Waals surface area contributed by atoms with Crippen LogP contribution in [0, 0.1) is 6.92 Å². The van der Waals surface area contributed by atoms with Crippen molar-refractivity contribution in [2.45, 2.75) is 19.5 Å². The van der Waals surface area contributed by atoms with E-state index in [0.29, 0.717) is 24.0 Å². The monoisotopic (exact) mass is 386 g/mol. The molecule has 28 heavy (non-hydrogen) atoms. The van der Waals surface area contributed by atoms with Gasteiger partial charge in [0.25, 0.3) is 5.91 Å². The number of alkyl halides is 3. The number of rotatable bonds is 2. The van der Waals surface area contributed by atoms with Crippen molar-refractivity contribution < 1.29 is 18.0 Å². The van der Waals surface area contributed by atoms with E-state index in [1.54, 1.807) is 4.90 Å². The Labute approximate surface area is 159 Å². The quantitative estimate of drug-likeness (QED) is 0.669. The van der Waals surface area contributed by atoms with Gasteiger partial charge in [-0.15, -0.1) is 0 Å². The smallest absolute Gasteiger partial charge is 0.334 e. The van der Waals surface area contributed by atoms with Crippen LogP contribution in [0.4, 0.5) is 13.2 Å². The number of fused-ring (bicyclic) bond motifs is 1. The minimum absolute atomic E-state index is 0.0739. The summed E-state index contributed by atoms with van der Waals surface area (Å²) in [6.07, 6.45) is -0.774. The molecule has 0 spiro atoms. The van der Waals surface area contributed by atoms with Crippen LogP contribution < -0.4 is 0 Å². The topological polar surface area (TPSA) is 50.5 Å². The summed E-state index contributed by atoms with van der Waals surface area (Å²) in [5, 5.41) is 3.78. The third-order valence-corrected chi connectivity index (χ3v) is 4.76. The molecular formula is C20H17F3N4O. The highest BCUT2D eigenvalue weighted by Crippen LogP contribution is 2.30. The number of carbonyl (C=O) groups excluding carboxylic acids is 1. The molecule has 0 N–H and O–H groups in total. The maximum Gasteiger partial charge on any atom is 0.433 e. The number of amides is 1. The van der Waals surface area contributed by atoms with E-state index in [1.807, 2.05) is 36.4 Å². The van der Waals surface area contributed by atoms with Crippen LogP contribution in [0.5, 0.6) is 0 Å². The second-order valence-electron chi connectivity index (χ2n) is 6.67. The van der Waals surface area contributed by atoms with Crippen LogP contribution in [-0.4, -0.2) is 38.5 Å². The third kappa shape index (κ3) is 3.26. The highest BCUT2D eigenvalue weighted by Gasteiger charge is 2.36. The summed E-state index contributed by atoms with van der Waals surface area (Å²) in [5.41, 5.74) is 1.50. The van der Waals surface area contributed by atoms with Crippen LogP contribution in [-0.2, 0) is 6.18 Å². The van der Waals surface area contributed by atoms with Crippen molar-refractivity contribution in [1.82, 2.24) is 19.5 Å². The molecule has 4 rings (SSSR count). The summed E-state index contributed by atoms with van der Waals surface area (Å²) < 4.78 is 40.5. The fourth-order valence-corrected chi connectivity index (χ4v) is 3.38. The number of hydrogen-bond donors (Lipinski definition) is 0. The Hall–Kier alpha value is -3.16. The highest BCUT2D eigenvalue weighted by molar-refractivity contribution is 6.00. The molecule has 0 atom stereocenters. The zero-order valence-electron chi connectivity index (χ0n) is 15.1. The van der Waals surface area contributed by atoms with Gasteiger partial charge >= 0.3 is 6.18 Å². The largest absolute Gasteiger partial charge is 0.433 e. The fourth-order valence-electron chi connectivity index (χ4n) is 3.38. The van der Waals surface area contributed by atoms with E-state index in [0.717, 1.165) is 23.4 Å². The summed E-state index contributed by atoms with van der Waals surface area (Å²) in [7, 11) is 0. The number of hydrogen-bond acceptors (Lipinski definition) is 3. The van der Waals surface area contributed by atoms with Crippen molar-refractivity contribution in [3.63, 3.8) is 0 Å². The average Bonchev–Trinajstić information content (AvgIpc) is 3.10. The van der Waals surface area contributed by atoms with E-state index >= 15 is 0 Å². The van der Waals surface area contributed by atoms with Gasteiger partial charge < -0.3 is 4.90 Å². The number of aryl methyl sites for hydroxylation is 1. The van der Waals surface area contributed by atoms with Gasteiger partial charge in [-0.2, -0.15) is 18.3 Å². The second kappa shape index (κ2) is 6.78. The standard InChI is InChI=1S/C20H17F3N4O/c1-13-11-17(20(21,22)23)27-18(25-13)16(12-24-27)19(28)26-9-7-15(8-10-26)14-5-3-2-4-6-14/h2-7,11-12H,8-10H2,1H3. The predicted octanol–water partition coefficient (Wildman–Crippen LogP) is 3.99. The van der Waals surface area contributed by atoms with Crippen LogP contribution in [0.2, 0.25) is 0 Å². The lowest BCUT2D eigenvalue weighted by Gasteiger charge is -2.26. The van der Waals surface area contributed by atoms with Gasteiger partial charge in [0.05, 0.1) is 6.20 Å². The molecule has 1 aromatic carbocycles. The Balaban J connectivity index is 1.64. The lowest BCUT2D eigenvalue weighted by Crippen LogP contribution is -2.34. The number of benzene rings is 1. The zero-order valence-corrected chi connectivity index (χ0v) is 15.1. The molecule has 0 saturated heterocycles. The molecule has 0 unspecified atom stereocenters. The number of carbonyl (C=O) groups is 1. The van der Waals surface area contributed by atoms with Gasteiger partial charge in [0.1, 0.15) is 11.3 Å². The SMILES string of the molecule is Cc1cc(C(F)(F)F)n2ncc(C(=O)N3CC=C(c4ccccc4)CC3)c2n1. The highest BCUT2D eigenvalue weighted by atomic mass is 19.4. The fraction of sp³-hybridized carbons (Fsp3) is 0.250. The van der Waals surface area contributed by atoms with Crippen LogP contribution in [0.3, 0.4) is 0 Å². The summed E-state index contributed by atoms with van der Waals surface area (Å²) >= 11 is 0. The van der Waals surface area contributed by atoms with Gasteiger partial charge in [0.15, 0.2) is 5.65 Å². The molecule has 1 aliphatic rings. The maximum atomic E-state index is 13.3. The molecule has 0 aliphatic carbocycles. The van der Waals surface area contributed by atoms with E-state index in [1.165, 1.54) is 6.92 Å². The van der Waals surface area contributed by atoms with Gasteiger partial charge in [0, 0.05) is 18.8 Å². The first-order valence-corrected chi connectivity index (χ1v) is 8.81. The van der Waals surface area contributed by atoms with Crippen LogP contribution in [0.25, 0.3) is 11.2 Å². The first kappa shape index (κ1) is 18.2. The molecule has 0 bridgehead atoms. The molecule has 2 aromatic heterocycles. The second-order valence-corrected chi connectivity index (χ2v) is 6.67. The van der Waals surface area contributed by atoms with E-state index in [9.17, 15) is 18.0 Å². The maximum absolute atomic E-state index is 13.3. The molecule has 144 valence electrons. The van der Waals surface area contributed by atoms with Crippen molar-refractivity contribution in [3.05, 3.63) is 71.2 Å². The lowest BCUT2D eigenvalue weighted by atomic mass is 9.99. The van der Waals surface area contributed by atoms with Crippen LogP contribution in [0.1, 0.15) is 33.7 Å². The Kier molecular flexibility index (Phi) is 4.41. The van der Waals surface area contributed by atoms with Crippen molar-refractivity contribution in [1.29, 1.82) is 0 Å². The van der Waals surface area contributed by atoms with Crippen molar-refractivity contribution in [2.75, 3.05) is 13.1 Å². The normalized spacial score (nSPS) is 15.0. The van der Waals surface area contributed by atoms with Gasteiger partial charge in [-0.25, -0.2) is 9.50 Å². The Morgan fingerprint density at radius 3 is 2.57 bits per heavy atom. The zero-order chi connectivity index (χ0) is 19.9. The number of nitrogens with zero attached hydrogens (tertiary/aromatic N) is 4. The molecule has 1 amide bonds. The minimum Gasteiger partial charge on any atom is -0.334 e. The van der Waals surface area contributed by atoms with E-state index in [2.05, 4.69) is 10.1 Å². The molecule has 8 heteroatoms. The minimum atomic E-state index is -4.59. The van der Waals surface area contributed by atoms with Gasteiger partial charge in [0.2, 0.25) is 0 Å². The van der Waals surface area contributed by atoms with Crippen molar-refractivity contribution in [3.8, 4) is 0 Å². The Morgan fingerprint density at radius 2 is 1.93 bits per heavy atom. The first-order chi connectivity index (χ1) is 13.3. The van der Waals surface area contributed by atoms with Crippen LogP contribution >= 0.6 is 0 Å². The molecule has 3 heterocycles. The molecule has 0 fully saturated rings. The van der Waals surface area contributed by atoms with Crippen LogP contribution in [0.15, 0.2) is 48.7 Å². The van der Waals surface area contributed by atoms with Gasteiger partial charge in [-0.05, 0) is 30.5 Å². The molecule has 0 radical (unpaired) electrons. The lowest BCUT2D eigenvalue weighted by molar-refractivity contribution is -0.142. The number of halogens is 3. The molecule has 3 aromatic rings. The summed E-state index contributed by atoms with van der Waals surface area (Å²) in [6.45, 7) is 2.33. The first-order valence-electron chi connectivity index (χ1n) is 8.81. The Bertz CT molecular complexity index is 1070. The summed E-state index contributed by atoms with van der Waals surface area (Å²) in [5.74, 6) is -0.371. The predicted molar refractivity (Wildman–Crippen MR) is 97.7 cm³/mol. The van der Waals surface area contributed by atoms with E-state index < -0.39 is 11.9 Å². The average molecular weight is 386 g/mol. The third-order valence-electron chi connectivity index (χ3n) is 4.76. The van der Waals surface area contributed by atoms with E-state index in [-0.39, 0.29) is 22.8 Å².